The molecule has 4 heteroatoms. The molecule has 0 aromatic heterocycles. The van der Waals surface area contributed by atoms with Gasteiger partial charge in [0.15, 0.2) is 0 Å². The number of piperidine rings is 1. The minimum absolute atomic E-state index is 0.0142. The van der Waals surface area contributed by atoms with Crippen LogP contribution in [0.5, 0.6) is 0 Å². The molecule has 2 aliphatic carbocycles. The Balaban J connectivity index is 1.34. The third kappa shape index (κ3) is 2.83. The zero-order valence-electron chi connectivity index (χ0n) is 15.4. The molecule has 1 spiro atoms. The molecule has 1 atom stereocenters. The van der Waals surface area contributed by atoms with Crippen molar-refractivity contribution in [1.29, 1.82) is 0 Å². The second-order valence-corrected chi connectivity index (χ2v) is 8.31. The highest BCUT2D eigenvalue weighted by Crippen LogP contribution is 2.53. The van der Waals surface area contributed by atoms with Crippen molar-refractivity contribution < 1.29 is 14.6 Å². The molecule has 27 heavy (non-hydrogen) atoms. The fourth-order valence-corrected chi connectivity index (χ4v) is 4.86. The van der Waals surface area contributed by atoms with Crippen LogP contribution in [0.15, 0.2) is 48.5 Å². The van der Waals surface area contributed by atoms with Crippen molar-refractivity contribution in [1.82, 2.24) is 4.90 Å². The number of ether oxygens (including phenoxy) is 1. The van der Waals surface area contributed by atoms with Crippen molar-refractivity contribution in [2.45, 2.75) is 37.6 Å². The van der Waals surface area contributed by atoms with Gasteiger partial charge in [-0.05, 0) is 53.4 Å². The molecule has 0 bridgehead atoms. The van der Waals surface area contributed by atoms with Crippen LogP contribution >= 0.6 is 0 Å². The van der Waals surface area contributed by atoms with Crippen LogP contribution < -0.4 is 0 Å². The molecule has 1 aliphatic heterocycles. The molecular weight excluding hydrogens is 338 g/mol. The SMILES string of the molecule is O=C(OCC1c2ccccc2-c2ccccc21)N1CC2(CCC1CO)CC2. The van der Waals surface area contributed by atoms with Gasteiger partial charge < -0.3 is 14.7 Å². The van der Waals surface area contributed by atoms with E-state index in [1.54, 1.807) is 4.90 Å². The van der Waals surface area contributed by atoms with E-state index in [2.05, 4.69) is 36.4 Å². The number of nitrogens with zero attached hydrogens (tertiary/aromatic N) is 1. The standard InChI is InChI=1S/C23H25NO3/c25-13-16-9-10-23(11-12-23)15-24(16)22(26)27-14-21-19-7-3-1-5-17(19)18-6-2-4-8-20(18)21/h1-8,16,21,25H,9-15H2. The highest BCUT2D eigenvalue weighted by atomic mass is 16.6. The summed E-state index contributed by atoms with van der Waals surface area (Å²) in [6.45, 7) is 1.09. The average Bonchev–Trinajstić information content (AvgIpc) is 3.39. The van der Waals surface area contributed by atoms with Crippen molar-refractivity contribution in [3.05, 3.63) is 59.7 Å². The number of hydrogen-bond donors (Lipinski definition) is 1. The summed E-state index contributed by atoms with van der Waals surface area (Å²) in [5.74, 6) is 0.0774. The first-order valence-electron chi connectivity index (χ1n) is 9.93. The van der Waals surface area contributed by atoms with Gasteiger partial charge in [-0.2, -0.15) is 0 Å². The summed E-state index contributed by atoms with van der Waals surface area (Å²) >= 11 is 0. The molecule has 1 unspecified atom stereocenters. The van der Waals surface area contributed by atoms with Crippen LogP contribution in [0.2, 0.25) is 0 Å². The molecule has 2 fully saturated rings. The molecule has 140 valence electrons. The third-order valence-electron chi connectivity index (χ3n) is 6.69. The minimum Gasteiger partial charge on any atom is -0.448 e. The van der Waals surface area contributed by atoms with Crippen LogP contribution in [0, 0.1) is 5.41 Å². The van der Waals surface area contributed by atoms with Gasteiger partial charge in [-0.15, -0.1) is 0 Å². The van der Waals surface area contributed by atoms with Crippen LogP contribution in [0.1, 0.15) is 42.7 Å². The van der Waals surface area contributed by atoms with Crippen molar-refractivity contribution in [2.24, 2.45) is 5.41 Å². The predicted octanol–water partition coefficient (Wildman–Crippen LogP) is 4.17. The van der Waals surface area contributed by atoms with E-state index < -0.39 is 0 Å². The number of likely N-dealkylation sites (tertiary alicyclic amines) is 1. The largest absolute Gasteiger partial charge is 0.448 e. The van der Waals surface area contributed by atoms with Crippen LogP contribution in [-0.2, 0) is 4.74 Å². The monoisotopic (exact) mass is 363 g/mol. The number of aliphatic hydroxyl groups excluding tert-OH is 1. The van der Waals surface area contributed by atoms with E-state index >= 15 is 0 Å². The maximum absolute atomic E-state index is 12.9. The Bertz CT molecular complexity index is 828. The lowest BCUT2D eigenvalue weighted by molar-refractivity contribution is 0.0332. The van der Waals surface area contributed by atoms with Gasteiger partial charge >= 0.3 is 6.09 Å². The quantitative estimate of drug-likeness (QED) is 0.890. The fraction of sp³-hybridized carbons (Fsp3) is 0.435. The minimum atomic E-state index is -0.276. The van der Waals surface area contributed by atoms with Gasteiger partial charge in [-0.25, -0.2) is 4.79 Å². The van der Waals surface area contributed by atoms with Crippen molar-refractivity contribution >= 4 is 6.09 Å². The van der Waals surface area contributed by atoms with Crippen LogP contribution in [0.4, 0.5) is 4.79 Å². The zero-order valence-corrected chi connectivity index (χ0v) is 15.4. The zero-order chi connectivity index (χ0) is 18.4. The molecule has 3 aliphatic rings. The molecule has 1 saturated heterocycles. The maximum Gasteiger partial charge on any atom is 0.410 e. The summed E-state index contributed by atoms with van der Waals surface area (Å²) in [7, 11) is 0. The van der Waals surface area contributed by atoms with E-state index in [1.807, 2.05) is 12.1 Å². The molecule has 1 amide bonds. The second-order valence-electron chi connectivity index (χ2n) is 8.31. The van der Waals surface area contributed by atoms with E-state index in [-0.39, 0.29) is 24.7 Å². The number of hydrogen-bond acceptors (Lipinski definition) is 3. The lowest BCUT2D eigenvalue weighted by atomic mass is 9.91. The van der Waals surface area contributed by atoms with Gasteiger partial charge in [-0.3, -0.25) is 0 Å². The molecule has 0 radical (unpaired) electrons. The van der Waals surface area contributed by atoms with Gasteiger partial charge in [-0.1, -0.05) is 48.5 Å². The van der Waals surface area contributed by atoms with Gasteiger partial charge in [0, 0.05) is 12.5 Å². The Morgan fingerprint density at radius 2 is 1.67 bits per heavy atom. The summed E-state index contributed by atoms with van der Waals surface area (Å²) in [6, 6.07) is 16.6. The predicted molar refractivity (Wildman–Crippen MR) is 104 cm³/mol. The van der Waals surface area contributed by atoms with E-state index in [0.717, 1.165) is 19.4 Å². The molecule has 4 nitrogen and oxygen atoms in total. The maximum atomic E-state index is 12.9. The highest BCUT2D eigenvalue weighted by molar-refractivity contribution is 5.79. The van der Waals surface area contributed by atoms with E-state index in [9.17, 15) is 9.90 Å². The van der Waals surface area contributed by atoms with E-state index in [4.69, 9.17) is 4.74 Å². The summed E-state index contributed by atoms with van der Waals surface area (Å²) in [5, 5.41) is 9.69. The molecule has 1 N–H and O–H groups in total. The Morgan fingerprint density at radius 3 is 2.26 bits per heavy atom. The molecule has 2 aromatic rings. The van der Waals surface area contributed by atoms with Crippen LogP contribution in [0.3, 0.4) is 0 Å². The highest BCUT2D eigenvalue weighted by Gasteiger charge is 2.49. The summed E-state index contributed by atoms with van der Waals surface area (Å²) in [5.41, 5.74) is 5.22. The first-order chi connectivity index (χ1) is 13.2. The number of carbonyl (C=O) groups is 1. The summed E-state index contributed by atoms with van der Waals surface area (Å²) < 4.78 is 5.81. The smallest absolute Gasteiger partial charge is 0.410 e. The average molecular weight is 363 g/mol. The number of aliphatic hydroxyl groups is 1. The molecular formula is C23H25NO3. The lowest BCUT2D eigenvalue weighted by Gasteiger charge is -2.38. The van der Waals surface area contributed by atoms with Crippen molar-refractivity contribution in [3.8, 4) is 11.1 Å². The number of benzene rings is 2. The fourth-order valence-electron chi connectivity index (χ4n) is 4.86. The number of carbonyl (C=O) groups excluding carboxylic acids is 1. The van der Waals surface area contributed by atoms with Crippen molar-refractivity contribution in [2.75, 3.05) is 19.8 Å². The van der Waals surface area contributed by atoms with Gasteiger partial charge in [0.2, 0.25) is 0 Å². The van der Waals surface area contributed by atoms with Crippen molar-refractivity contribution in [3.63, 3.8) is 0 Å². The molecule has 2 aromatic carbocycles. The third-order valence-corrected chi connectivity index (χ3v) is 6.69. The molecule has 1 saturated carbocycles. The van der Waals surface area contributed by atoms with Crippen LogP contribution in [0.25, 0.3) is 11.1 Å². The normalized spacial score (nSPS) is 22.4. The Kier molecular flexibility index (Phi) is 3.97. The Hall–Kier alpha value is -2.33. The topological polar surface area (TPSA) is 49.8 Å². The molecule has 5 rings (SSSR count). The summed E-state index contributed by atoms with van der Waals surface area (Å²) in [6.07, 6.45) is 4.10. The summed E-state index contributed by atoms with van der Waals surface area (Å²) in [4.78, 5) is 14.6. The first kappa shape index (κ1) is 16.8. The Labute approximate surface area is 159 Å². The number of amides is 1. The first-order valence-corrected chi connectivity index (χ1v) is 9.93. The Morgan fingerprint density at radius 1 is 1.04 bits per heavy atom. The van der Waals surface area contributed by atoms with Gasteiger partial charge in [0.1, 0.15) is 6.61 Å². The lowest BCUT2D eigenvalue weighted by Crippen LogP contribution is -2.49. The second kappa shape index (κ2) is 6.38. The van der Waals surface area contributed by atoms with Crippen LogP contribution in [-0.4, -0.2) is 41.9 Å². The number of fused-ring (bicyclic) bond motifs is 3. The van der Waals surface area contributed by atoms with E-state index in [1.165, 1.54) is 35.1 Å². The van der Waals surface area contributed by atoms with E-state index in [0.29, 0.717) is 12.0 Å². The van der Waals surface area contributed by atoms with Gasteiger partial charge in [0.25, 0.3) is 0 Å². The molecule has 1 heterocycles. The van der Waals surface area contributed by atoms with Gasteiger partial charge in [0.05, 0.1) is 12.6 Å². The number of rotatable bonds is 3.